The lowest BCUT2D eigenvalue weighted by Gasteiger charge is -2.03. The summed E-state index contributed by atoms with van der Waals surface area (Å²) in [5, 5.41) is 4.35. The number of likely N-dealkylation sites (N-methyl/N-ethyl adjacent to an activating group) is 1. The smallest absolute Gasteiger partial charge is 0.0943 e. The summed E-state index contributed by atoms with van der Waals surface area (Å²) in [4.78, 5) is 5.74. The van der Waals surface area contributed by atoms with Crippen molar-refractivity contribution in [1.82, 2.24) is 10.3 Å². The number of benzene rings is 1. The molecule has 17 heavy (non-hydrogen) atoms. The van der Waals surface area contributed by atoms with Gasteiger partial charge in [-0.2, -0.15) is 0 Å². The third-order valence-corrected chi connectivity index (χ3v) is 3.88. The molecule has 0 aliphatic rings. The molecular formula is C14H18N2S. The first-order chi connectivity index (χ1) is 8.20. The molecule has 0 saturated carbocycles. The summed E-state index contributed by atoms with van der Waals surface area (Å²) in [5.41, 5.74) is 3.95. The summed E-state index contributed by atoms with van der Waals surface area (Å²) >= 11 is 1.79. The van der Waals surface area contributed by atoms with Crippen LogP contribution in [-0.4, -0.2) is 18.6 Å². The van der Waals surface area contributed by atoms with Crippen LogP contribution in [0.4, 0.5) is 0 Å². The van der Waals surface area contributed by atoms with E-state index in [2.05, 4.69) is 42.3 Å². The van der Waals surface area contributed by atoms with Gasteiger partial charge in [-0.15, -0.1) is 11.3 Å². The van der Waals surface area contributed by atoms with Crippen LogP contribution < -0.4 is 5.32 Å². The molecule has 0 atom stereocenters. The summed E-state index contributed by atoms with van der Waals surface area (Å²) in [6, 6.07) is 6.58. The first kappa shape index (κ1) is 12.3. The number of hydrogen-bond acceptors (Lipinski definition) is 3. The van der Waals surface area contributed by atoms with Gasteiger partial charge in [0.05, 0.1) is 9.88 Å². The second kappa shape index (κ2) is 5.43. The Labute approximate surface area is 107 Å². The Kier molecular flexibility index (Phi) is 3.92. The number of hydrogen-bond donors (Lipinski definition) is 1. The molecule has 0 fully saturated rings. The van der Waals surface area contributed by atoms with Gasteiger partial charge in [0.1, 0.15) is 0 Å². The first-order valence-electron chi connectivity index (χ1n) is 5.87. The lowest BCUT2D eigenvalue weighted by atomic mass is 10.1. The molecule has 2 rings (SSSR count). The van der Waals surface area contributed by atoms with Crippen molar-refractivity contribution in [3.05, 3.63) is 40.5 Å². The average molecular weight is 246 g/mol. The van der Waals surface area contributed by atoms with Gasteiger partial charge in [-0.05, 0) is 32.0 Å². The number of aromatic nitrogens is 1. The maximum Gasteiger partial charge on any atom is 0.0943 e. The minimum absolute atomic E-state index is 0.986. The third-order valence-electron chi connectivity index (χ3n) is 2.79. The fourth-order valence-corrected chi connectivity index (χ4v) is 2.88. The molecule has 0 amide bonds. The lowest BCUT2D eigenvalue weighted by molar-refractivity contribution is 0.787. The Morgan fingerprint density at radius 3 is 2.82 bits per heavy atom. The molecule has 0 aliphatic heterocycles. The Morgan fingerprint density at radius 1 is 1.29 bits per heavy atom. The average Bonchev–Trinajstić information content (AvgIpc) is 2.75. The molecule has 1 N–H and O–H groups in total. The Bertz CT molecular complexity index is 503. The van der Waals surface area contributed by atoms with Crippen LogP contribution >= 0.6 is 11.3 Å². The maximum atomic E-state index is 4.47. The molecule has 0 radical (unpaired) electrons. The third kappa shape index (κ3) is 2.93. The van der Waals surface area contributed by atoms with Gasteiger partial charge in [0, 0.05) is 19.2 Å². The van der Waals surface area contributed by atoms with E-state index in [0.717, 1.165) is 13.0 Å². The molecule has 3 heteroatoms. The monoisotopic (exact) mass is 246 g/mol. The molecule has 2 nitrogen and oxygen atoms in total. The van der Waals surface area contributed by atoms with Gasteiger partial charge < -0.3 is 5.32 Å². The number of thiazole rings is 1. The maximum absolute atomic E-state index is 4.47. The van der Waals surface area contributed by atoms with Crippen molar-refractivity contribution in [1.29, 1.82) is 0 Å². The van der Waals surface area contributed by atoms with Gasteiger partial charge in [-0.25, -0.2) is 4.98 Å². The molecule has 0 saturated heterocycles. The van der Waals surface area contributed by atoms with Crippen molar-refractivity contribution >= 4 is 11.3 Å². The molecule has 0 bridgehead atoms. The number of nitrogens with zero attached hydrogens (tertiary/aromatic N) is 1. The fourth-order valence-electron chi connectivity index (χ4n) is 1.87. The van der Waals surface area contributed by atoms with E-state index in [-0.39, 0.29) is 0 Å². The van der Waals surface area contributed by atoms with Crippen LogP contribution in [0.5, 0.6) is 0 Å². The largest absolute Gasteiger partial charge is 0.319 e. The van der Waals surface area contributed by atoms with Crippen molar-refractivity contribution in [3.63, 3.8) is 0 Å². The van der Waals surface area contributed by atoms with E-state index >= 15 is 0 Å². The summed E-state index contributed by atoms with van der Waals surface area (Å²) in [5.74, 6) is 0. The van der Waals surface area contributed by atoms with Gasteiger partial charge in [0.15, 0.2) is 0 Å². The zero-order chi connectivity index (χ0) is 12.3. The predicted molar refractivity (Wildman–Crippen MR) is 74.7 cm³/mol. The van der Waals surface area contributed by atoms with Crippen molar-refractivity contribution in [3.8, 4) is 10.4 Å². The molecule has 0 aliphatic carbocycles. The van der Waals surface area contributed by atoms with Crippen molar-refractivity contribution in [2.75, 3.05) is 13.6 Å². The molecule has 0 unspecified atom stereocenters. The van der Waals surface area contributed by atoms with Crippen LogP contribution in [0.3, 0.4) is 0 Å². The van der Waals surface area contributed by atoms with Crippen LogP contribution in [0.1, 0.15) is 16.1 Å². The molecule has 1 aromatic carbocycles. The van der Waals surface area contributed by atoms with Crippen LogP contribution in [-0.2, 0) is 6.42 Å². The van der Waals surface area contributed by atoms with Crippen LogP contribution in [0.2, 0.25) is 0 Å². The quantitative estimate of drug-likeness (QED) is 0.896. The second-order valence-corrected chi connectivity index (χ2v) is 5.41. The van der Waals surface area contributed by atoms with E-state index < -0.39 is 0 Å². The molecule has 1 heterocycles. The Morgan fingerprint density at radius 2 is 2.12 bits per heavy atom. The standard InChI is InChI=1S/C14H18N2S/c1-10-4-5-12(11(2)8-10)13-9-16-14(17-13)6-7-15-3/h4-5,8-9,15H,6-7H2,1-3H3. The molecule has 1 aromatic heterocycles. The zero-order valence-corrected chi connectivity index (χ0v) is 11.4. The highest BCUT2D eigenvalue weighted by atomic mass is 32.1. The number of rotatable bonds is 4. The minimum Gasteiger partial charge on any atom is -0.319 e. The second-order valence-electron chi connectivity index (χ2n) is 4.29. The van der Waals surface area contributed by atoms with Gasteiger partial charge in [0.2, 0.25) is 0 Å². The lowest BCUT2D eigenvalue weighted by Crippen LogP contribution is -2.09. The van der Waals surface area contributed by atoms with E-state index in [0.29, 0.717) is 0 Å². The minimum atomic E-state index is 0.986. The highest BCUT2D eigenvalue weighted by Crippen LogP contribution is 2.29. The van der Waals surface area contributed by atoms with Gasteiger partial charge >= 0.3 is 0 Å². The Hall–Kier alpha value is -1.19. The highest BCUT2D eigenvalue weighted by Gasteiger charge is 2.06. The van der Waals surface area contributed by atoms with E-state index in [9.17, 15) is 0 Å². The van der Waals surface area contributed by atoms with Gasteiger partial charge in [-0.1, -0.05) is 23.8 Å². The number of nitrogens with one attached hydrogen (secondary N) is 1. The zero-order valence-electron chi connectivity index (χ0n) is 10.6. The number of aryl methyl sites for hydroxylation is 2. The predicted octanol–water partition coefficient (Wildman–Crippen LogP) is 3.19. The molecule has 90 valence electrons. The Balaban J connectivity index is 2.24. The van der Waals surface area contributed by atoms with Crippen molar-refractivity contribution in [2.45, 2.75) is 20.3 Å². The van der Waals surface area contributed by atoms with Crippen LogP contribution in [0.25, 0.3) is 10.4 Å². The van der Waals surface area contributed by atoms with Crippen LogP contribution in [0.15, 0.2) is 24.4 Å². The van der Waals surface area contributed by atoms with E-state index in [1.165, 1.54) is 26.6 Å². The SMILES string of the molecule is CNCCc1ncc(-c2ccc(C)cc2C)s1. The molecular weight excluding hydrogens is 228 g/mol. The summed E-state index contributed by atoms with van der Waals surface area (Å²) < 4.78 is 0. The van der Waals surface area contributed by atoms with Crippen molar-refractivity contribution < 1.29 is 0 Å². The first-order valence-corrected chi connectivity index (χ1v) is 6.69. The van der Waals surface area contributed by atoms with Gasteiger partial charge in [-0.3, -0.25) is 0 Å². The van der Waals surface area contributed by atoms with Crippen LogP contribution in [0, 0.1) is 13.8 Å². The van der Waals surface area contributed by atoms with E-state index in [1.54, 1.807) is 11.3 Å². The van der Waals surface area contributed by atoms with E-state index in [1.807, 2.05) is 13.2 Å². The summed E-state index contributed by atoms with van der Waals surface area (Å²) in [6.07, 6.45) is 3.00. The summed E-state index contributed by atoms with van der Waals surface area (Å²) in [7, 11) is 1.97. The topological polar surface area (TPSA) is 24.9 Å². The van der Waals surface area contributed by atoms with Gasteiger partial charge in [0.25, 0.3) is 0 Å². The molecule has 0 spiro atoms. The van der Waals surface area contributed by atoms with E-state index in [4.69, 9.17) is 0 Å². The summed E-state index contributed by atoms with van der Waals surface area (Å²) in [6.45, 7) is 5.27. The normalized spacial score (nSPS) is 10.8. The van der Waals surface area contributed by atoms with Crippen molar-refractivity contribution in [2.24, 2.45) is 0 Å². The fraction of sp³-hybridized carbons (Fsp3) is 0.357. The molecule has 2 aromatic rings. The highest BCUT2D eigenvalue weighted by molar-refractivity contribution is 7.15.